The third kappa shape index (κ3) is 10.6. The summed E-state index contributed by atoms with van der Waals surface area (Å²) in [5.74, 6) is 0. The van der Waals surface area contributed by atoms with Gasteiger partial charge in [0.25, 0.3) is 7.82 Å². The van der Waals surface area contributed by atoms with Crippen molar-refractivity contribution < 1.29 is 38.2 Å². The molecule has 0 aliphatic carbocycles. The second-order valence-electron chi connectivity index (χ2n) is 6.26. The monoisotopic (exact) mass is 343 g/mol. The van der Waals surface area contributed by atoms with E-state index in [9.17, 15) is 9.46 Å². The molecule has 0 amide bonds. The van der Waals surface area contributed by atoms with E-state index in [0.717, 1.165) is 12.8 Å². The lowest BCUT2D eigenvalue weighted by atomic mass is 10.1. The highest BCUT2D eigenvalue weighted by Gasteiger charge is 2.27. The van der Waals surface area contributed by atoms with E-state index in [0.29, 0.717) is 23.9 Å². The molecule has 0 aromatic heterocycles. The highest BCUT2D eigenvalue weighted by Crippen LogP contribution is 2.41. The number of phosphoric ester groups is 1. The Morgan fingerprint density at radius 1 is 1.23 bits per heavy atom. The number of likely N-dealkylation sites (N-methyl/N-ethyl adjacent to an activating group) is 1. The first-order valence-electron chi connectivity index (χ1n) is 7.50. The standard InChI is InChI=1S/C13H30NO7P/c1-5-6-7-8-12(13(11-15)20-16)21-22(17,18)19-10-9-14(2,3)4/h12-13,15H,5-11H2,1-4H3,(H-,16,17,18)/t12?,13-/m0/s1. The molecule has 8 nitrogen and oxygen atoms in total. The lowest BCUT2D eigenvalue weighted by Crippen LogP contribution is -2.38. The van der Waals surface area contributed by atoms with Crippen molar-refractivity contribution in [1.29, 1.82) is 0 Å². The summed E-state index contributed by atoms with van der Waals surface area (Å²) in [6, 6.07) is 0. The van der Waals surface area contributed by atoms with E-state index < -0.39 is 26.6 Å². The van der Waals surface area contributed by atoms with Crippen molar-refractivity contribution in [3.8, 4) is 0 Å². The Morgan fingerprint density at radius 3 is 2.32 bits per heavy atom. The summed E-state index contributed by atoms with van der Waals surface area (Å²) in [5, 5.41) is 17.9. The molecule has 0 heterocycles. The molecule has 0 aromatic carbocycles. The molecule has 0 aliphatic heterocycles. The van der Waals surface area contributed by atoms with Crippen LogP contribution in [0.15, 0.2) is 0 Å². The van der Waals surface area contributed by atoms with E-state index in [4.69, 9.17) is 19.4 Å². The smallest absolute Gasteiger partial charge is 0.268 e. The van der Waals surface area contributed by atoms with Gasteiger partial charge in [0.1, 0.15) is 19.3 Å². The summed E-state index contributed by atoms with van der Waals surface area (Å²) >= 11 is 0. The van der Waals surface area contributed by atoms with Gasteiger partial charge in [-0.25, -0.2) is 4.89 Å². The number of phosphoric acid groups is 1. The molecule has 2 unspecified atom stereocenters. The molecular formula is C13H30NO7P. The second-order valence-corrected chi connectivity index (χ2v) is 7.62. The van der Waals surface area contributed by atoms with Crippen LogP contribution in [0.3, 0.4) is 0 Å². The van der Waals surface area contributed by atoms with Gasteiger partial charge in [-0.2, -0.15) is 0 Å². The average molecular weight is 343 g/mol. The first-order valence-corrected chi connectivity index (χ1v) is 8.96. The van der Waals surface area contributed by atoms with Crippen LogP contribution in [0, 0.1) is 0 Å². The average Bonchev–Trinajstić information content (AvgIpc) is 2.37. The molecule has 0 bridgehead atoms. The largest absolute Gasteiger partial charge is 0.756 e. The minimum absolute atomic E-state index is 0.00423. The molecule has 0 aromatic rings. The van der Waals surface area contributed by atoms with Crippen molar-refractivity contribution in [3.63, 3.8) is 0 Å². The number of rotatable bonds is 13. The predicted molar refractivity (Wildman–Crippen MR) is 80.1 cm³/mol. The van der Waals surface area contributed by atoms with E-state index in [1.54, 1.807) is 0 Å². The molecule has 0 rings (SSSR count). The molecule has 0 saturated heterocycles. The number of nitrogens with zero attached hydrogens (tertiary/aromatic N) is 1. The molecule has 3 atom stereocenters. The van der Waals surface area contributed by atoms with Gasteiger partial charge in [-0.1, -0.05) is 26.2 Å². The Kier molecular flexibility index (Phi) is 10.6. The third-order valence-electron chi connectivity index (χ3n) is 3.10. The first-order chi connectivity index (χ1) is 10.1. The first kappa shape index (κ1) is 21.9. The number of hydrogen-bond acceptors (Lipinski definition) is 7. The number of aliphatic hydroxyl groups excluding tert-OH is 1. The van der Waals surface area contributed by atoms with Crippen LogP contribution >= 0.6 is 7.82 Å². The Morgan fingerprint density at radius 2 is 1.86 bits per heavy atom. The van der Waals surface area contributed by atoms with Crippen LogP contribution in [0.25, 0.3) is 0 Å². The fraction of sp³-hybridized carbons (Fsp3) is 1.00. The maximum absolute atomic E-state index is 11.9. The summed E-state index contributed by atoms with van der Waals surface area (Å²) < 4.78 is 22.2. The van der Waals surface area contributed by atoms with Crippen molar-refractivity contribution in [2.45, 2.75) is 44.8 Å². The van der Waals surface area contributed by atoms with Crippen LogP contribution in [0.5, 0.6) is 0 Å². The summed E-state index contributed by atoms with van der Waals surface area (Å²) in [7, 11) is 1.21. The molecule has 9 heteroatoms. The highest BCUT2D eigenvalue weighted by molar-refractivity contribution is 7.45. The number of hydrogen-bond donors (Lipinski definition) is 2. The molecule has 22 heavy (non-hydrogen) atoms. The van der Waals surface area contributed by atoms with Crippen LogP contribution in [0.2, 0.25) is 0 Å². The fourth-order valence-electron chi connectivity index (χ4n) is 1.74. The Labute approximate surface area is 132 Å². The predicted octanol–water partition coefficient (Wildman–Crippen LogP) is 0.994. The minimum atomic E-state index is -4.53. The zero-order valence-corrected chi connectivity index (χ0v) is 14.8. The van der Waals surface area contributed by atoms with E-state index in [-0.39, 0.29) is 6.61 Å². The molecule has 2 N–H and O–H groups in total. The van der Waals surface area contributed by atoms with Gasteiger partial charge in [0, 0.05) is 0 Å². The quantitative estimate of drug-likeness (QED) is 0.169. The van der Waals surface area contributed by atoms with E-state index >= 15 is 0 Å². The summed E-state index contributed by atoms with van der Waals surface area (Å²) in [5.41, 5.74) is 0. The Hall–Kier alpha value is -0.0500. The zero-order valence-electron chi connectivity index (χ0n) is 13.9. The van der Waals surface area contributed by atoms with Gasteiger partial charge >= 0.3 is 0 Å². The molecular weight excluding hydrogens is 313 g/mol. The second kappa shape index (κ2) is 10.7. The van der Waals surface area contributed by atoms with Gasteiger partial charge in [0.05, 0.1) is 33.9 Å². The van der Waals surface area contributed by atoms with Crippen LogP contribution < -0.4 is 4.89 Å². The van der Waals surface area contributed by atoms with Crippen LogP contribution in [0.4, 0.5) is 0 Å². The van der Waals surface area contributed by atoms with E-state index in [1.165, 1.54) is 0 Å². The molecule has 0 radical (unpaired) electrons. The topological polar surface area (TPSA) is 108 Å². The van der Waals surface area contributed by atoms with Gasteiger partial charge in [-0.15, -0.1) is 0 Å². The normalized spacial score (nSPS) is 18.0. The Balaban J connectivity index is 4.55. The fourth-order valence-corrected chi connectivity index (χ4v) is 2.68. The van der Waals surface area contributed by atoms with Gasteiger partial charge in [0.15, 0.2) is 0 Å². The van der Waals surface area contributed by atoms with Gasteiger partial charge < -0.3 is 23.5 Å². The minimum Gasteiger partial charge on any atom is -0.756 e. The van der Waals surface area contributed by atoms with Gasteiger partial charge in [-0.05, 0) is 6.42 Å². The van der Waals surface area contributed by atoms with Crippen molar-refractivity contribution in [2.75, 3.05) is 40.9 Å². The lowest BCUT2D eigenvalue weighted by Gasteiger charge is -2.32. The lowest BCUT2D eigenvalue weighted by molar-refractivity contribution is -0.870. The maximum atomic E-state index is 11.9. The van der Waals surface area contributed by atoms with Crippen molar-refractivity contribution >= 4 is 7.82 Å². The summed E-state index contributed by atoms with van der Waals surface area (Å²) in [6.45, 7) is 1.95. The summed E-state index contributed by atoms with van der Waals surface area (Å²) in [4.78, 5) is 16.0. The number of aliphatic hydroxyl groups is 1. The van der Waals surface area contributed by atoms with Crippen molar-refractivity contribution in [1.82, 2.24) is 0 Å². The third-order valence-corrected chi connectivity index (χ3v) is 4.13. The van der Waals surface area contributed by atoms with Crippen LogP contribution in [-0.4, -0.2) is 68.0 Å². The molecule has 0 aliphatic rings. The summed E-state index contributed by atoms with van der Waals surface area (Å²) in [6.07, 6.45) is 0.764. The molecule has 134 valence electrons. The highest BCUT2D eigenvalue weighted by atomic mass is 31.2. The van der Waals surface area contributed by atoms with Crippen molar-refractivity contribution in [2.24, 2.45) is 0 Å². The SMILES string of the molecule is CCCCCC(OP(=O)([O-])OCC[N+](C)(C)C)[C@H](CO)OO. The number of unbranched alkanes of at least 4 members (excludes halogenated alkanes) is 2. The van der Waals surface area contributed by atoms with Gasteiger partial charge in [-0.3, -0.25) is 9.82 Å². The maximum Gasteiger partial charge on any atom is 0.268 e. The van der Waals surface area contributed by atoms with E-state index in [2.05, 4.69) is 4.89 Å². The van der Waals surface area contributed by atoms with E-state index in [1.807, 2.05) is 28.1 Å². The Bertz CT molecular complexity index is 331. The number of quaternary nitrogens is 1. The van der Waals surface area contributed by atoms with Crippen molar-refractivity contribution in [3.05, 3.63) is 0 Å². The molecule has 0 spiro atoms. The van der Waals surface area contributed by atoms with Gasteiger partial charge in [0.2, 0.25) is 0 Å². The van der Waals surface area contributed by atoms with Crippen LogP contribution in [0.1, 0.15) is 32.6 Å². The molecule has 0 fully saturated rings. The zero-order chi connectivity index (χ0) is 17.2. The van der Waals surface area contributed by atoms with Crippen LogP contribution in [-0.2, 0) is 18.5 Å². The molecule has 0 saturated carbocycles.